The zero-order chi connectivity index (χ0) is 10.4. The lowest BCUT2D eigenvalue weighted by Gasteiger charge is -2.23. The Morgan fingerprint density at radius 2 is 2.14 bits per heavy atom. The molecule has 0 amide bonds. The van der Waals surface area contributed by atoms with Crippen molar-refractivity contribution in [1.82, 2.24) is 15.4 Å². The second-order valence-electron chi connectivity index (χ2n) is 3.00. The van der Waals surface area contributed by atoms with Crippen molar-refractivity contribution >= 4 is 0 Å². The van der Waals surface area contributed by atoms with Crippen LogP contribution in [0, 0.1) is 0 Å². The summed E-state index contributed by atoms with van der Waals surface area (Å²) in [7, 11) is 1.67. The number of nitrogens with two attached hydrogens (primary N) is 1. The van der Waals surface area contributed by atoms with Crippen LogP contribution in [0.25, 0.3) is 0 Å². The molecule has 1 aromatic heterocycles. The van der Waals surface area contributed by atoms with Gasteiger partial charge in [-0.2, -0.15) is 0 Å². The molecule has 0 aliphatic carbocycles. The Morgan fingerprint density at radius 1 is 1.50 bits per heavy atom. The second kappa shape index (κ2) is 5.64. The number of aromatic nitrogens is 2. The van der Waals surface area contributed by atoms with Gasteiger partial charge in [-0.15, -0.1) is 0 Å². The molecule has 0 aliphatic rings. The number of rotatable bonds is 5. The van der Waals surface area contributed by atoms with Gasteiger partial charge in [-0.05, 0) is 6.42 Å². The summed E-state index contributed by atoms with van der Waals surface area (Å²) >= 11 is 0. The Labute approximate surface area is 83.7 Å². The maximum absolute atomic E-state index is 5.47. The predicted molar refractivity (Wildman–Crippen MR) is 53.2 cm³/mol. The van der Waals surface area contributed by atoms with Gasteiger partial charge in [0, 0.05) is 25.1 Å². The molecule has 3 N–H and O–H groups in total. The molecule has 5 nitrogen and oxygen atoms in total. The Kier molecular flexibility index (Phi) is 4.45. The molecular weight excluding hydrogens is 180 g/mol. The zero-order valence-corrected chi connectivity index (χ0v) is 8.47. The summed E-state index contributed by atoms with van der Waals surface area (Å²) in [4.78, 5) is 7.88. The summed E-state index contributed by atoms with van der Waals surface area (Å²) in [6.45, 7) is 2.04. The van der Waals surface area contributed by atoms with E-state index in [1.807, 2.05) is 6.92 Å². The van der Waals surface area contributed by atoms with E-state index in [-0.39, 0.29) is 12.1 Å². The highest BCUT2D eigenvalue weighted by molar-refractivity contribution is 5.10. The van der Waals surface area contributed by atoms with Crippen LogP contribution in [0.2, 0.25) is 0 Å². The first-order valence-corrected chi connectivity index (χ1v) is 4.57. The van der Waals surface area contributed by atoms with Crippen LogP contribution in [0.1, 0.15) is 24.9 Å². The van der Waals surface area contributed by atoms with Crippen molar-refractivity contribution in [2.45, 2.75) is 25.5 Å². The lowest BCUT2D eigenvalue weighted by Crippen LogP contribution is -2.37. The molecule has 0 bridgehead atoms. The molecule has 78 valence electrons. The average molecular weight is 196 g/mol. The molecule has 0 fully saturated rings. The minimum Gasteiger partial charge on any atom is -0.379 e. The van der Waals surface area contributed by atoms with Gasteiger partial charge >= 0.3 is 0 Å². The summed E-state index contributed by atoms with van der Waals surface area (Å²) in [5.74, 6) is 5.47. The molecule has 14 heavy (non-hydrogen) atoms. The SMILES string of the molecule is CCC(OC)C(NN)c1cncnc1. The van der Waals surface area contributed by atoms with Gasteiger partial charge in [0.1, 0.15) is 6.33 Å². The Bertz CT molecular complexity index is 250. The van der Waals surface area contributed by atoms with Crippen molar-refractivity contribution in [2.75, 3.05) is 7.11 Å². The first kappa shape index (κ1) is 11.0. The van der Waals surface area contributed by atoms with E-state index >= 15 is 0 Å². The van der Waals surface area contributed by atoms with Crippen molar-refractivity contribution in [2.24, 2.45) is 5.84 Å². The van der Waals surface area contributed by atoms with Crippen LogP contribution in [-0.4, -0.2) is 23.2 Å². The Morgan fingerprint density at radius 3 is 2.57 bits per heavy atom. The van der Waals surface area contributed by atoms with E-state index in [1.165, 1.54) is 6.33 Å². The summed E-state index contributed by atoms with van der Waals surface area (Å²) < 4.78 is 5.31. The van der Waals surface area contributed by atoms with E-state index in [4.69, 9.17) is 10.6 Å². The third kappa shape index (κ3) is 2.47. The maximum atomic E-state index is 5.47. The van der Waals surface area contributed by atoms with E-state index in [0.717, 1.165) is 12.0 Å². The molecular formula is C9H16N4O. The van der Waals surface area contributed by atoms with Crippen LogP contribution in [0.15, 0.2) is 18.7 Å². The Balaban J connectivity index is 2.81. The fourth-order valence-electron chi connectivity index (χ4n) is 1.43. The van der Waals surface area contributed by atoms with E-state index < -0.39 is 0 Å². The number of hydrogen-bond donors (Lipinski definition) is 2. The first-order valence-electron chi connectivity index (χ1n) is 4.57. The molecule has 5 heteroatoms. The molecule has 1 aromatic rings. The quantitative estimate of drug-likeness (QED) is 0.527. The van der Waals surface area contributed by atoms with Gasteiger partial charge in [0.15, 0.2) is 0 Å². The van der Waals surface area contributed by atoms with E-state index in [1.54, 1.807) is 19.5 Å². The number of nitrogens with one attached hydrogen (secondary N) is 1. The number of nitrogens with zero attached hydrogens (tertiary/aromatic N) is 2. The number of hydrazine groups is 1. The highest BCUT2D eigenvalue weighted by Crippen LogP contribution is 2.18. The van der Waals surface area contributed by atoms with Crippen molar-refractivity contribution in [1.29, 1.82) is 0 Å². The van der Waals surface area contributed by atoms with Crippen molar-refractivity contribution in [3.63, 3.8) is 0 Å². The van der Waals surface area contributed by atoms with Crippen LogP contribution in [0.5, 0.6) is 0 Å². The lowest BCUT2D eigenvalue weighted by atomic mass is 10.0. The first-order chi connectivity index (χ1) is 6.83. The van der Waals surface area contributed by atoms with E-state index in [0.29, 0.717) is 0 Å². The minimum atomic E-state index is -0.0637. The Hall–Kier alpha value is -1.04. The van der Waals surface area contributed by atoms with Crippen LogP contribution >= 0.6 is 0 Å². The molecule has 0 aromatic carbocycles. The standard InChI is InChI=1S/C9H16N4O/c1-3-8(14-2)9(13-10)7-4-11-6-12-5-7/h4-6,8-9,13H,3,10H2,1-2H3. The van der Waals surface area contributed by atoms with Crippen LogP contribution in [-0.2, 0) is 4.74 Å². The van der Waals surface area contributed by atoms with Crippen molar-refractivity contribution < 1.29 is 4.74 Å². The molecule has 1 heterocycles. The number of hydrogen-bond acceptors (Lipinski definition) is 5. The molecule has 0 saturated heterocycles. The van der Waals surface area contributed by atoms with Crippen LogP contribution < -0.4 is 11.3 Å². The van der Waals surface area contributed by atoms with Gasteiger partial charge < -0.3 is 4.74 Å². The third-order valence-corrected chi connectivity index (χ3v) is 2.20. The van der Waals surface area contributed by atoms with Gasteiger partial charge in [0.05, 0.1) is 12.1 Å². The highest BCUT2D eigenvalue weighted by atomic mass is 16.5. The predicted octanol–water partition coefficient (Wildman–Crippen LogP) is 0.406. The second-order valence-corrected chi connectivity index (χ2v) is 3.00. The normalized spacial score (nSPS) is 15.1. The monoisotopic (exact) mass is 196 g/mol. The molecule has 0 saturated carbocycles. The maximum Gasteiger partial charge on any atom is 0.115 e. The smallest absolute Gasteiger partial charge is 0.115 e. The van der Waals surface area contributed by atoms with Gasteiger partial charge in [0.25, 0.3) is 0 Å². The van der Waals surface area contributed by atoms with Gasteiger partial charge in [-0.1, -0.05) is 6.92 Å². The third-order valence-electron chi connectivity index (χ3n) is 2.20. The fourth-order valence-corrected chi connectivity index (χ4v) is 1.43. The topological polar surface area (TPSA) is 73.1 Å². The molecule has 1 rings (SSSR count). The molecule has 0 radical (unpaired) electrons. The van der Waals surface area contributed by atoms with Crippen molar-refractivity contribution in [3.05, 3.63) is 24.3 Å². The van der Waals surface area contributed by atoms with Gasteiger partial charge in [0.2, 0.25) is 0 Å². The summed E-state index contributed by atoms with van der Waals surface area (Å²) in [6.07, 6.45) is 5.87. The summed E-state index contributed by atoms with van der Waals surface area (Å²) in [5.41, 5.74) is 3.65. The fraction of sp³-hybridized carbons (Fsp3) is 0.556. The number of methoxy groups -OCH3 is 1. The molecule has 2 atom stereocenters. The van der Waals surface area contributed by atoms with Crippen LogP contribution in [0.4, 0.5) is 0 Å². The van der Waals surface area contributed by atoms with E-state index in [9.17, 15) is 0 Å². The summed E-state index contributed by atoms with van der Waals surface area (Å²) in [6, 6.07) is -0.0637. The molecule has 0 spiro atoms. The van der Waals surface area contributed by atoms with E-state index in [2.05, 4.69) is 15.4 Å². The average Bonchev–Trinajstić information content (AvgIpc) is 2.27. The molecule has 2 unspecified atom stereocenters. The number of ether oxygens (including phenoxy) is 1. The zero-order valence-electron chi connectivity index (χ0n) is 8.47. The molecule has 0 aliphatic heterocycles. The minimum absolute atomic E-state index is 0.0333. The van der Waals surface area contributed by atoms with Crippen LogP contribution in [0.3, 0.4) is 0 Å². The van der Waals surface area contributed by atoms with Crippen molar-refractivity contribution in [3.8, 4) is 0 Å². The van der Waals surface area contributed by atoms with Gasteiger partial charge in [-0.3, -0.25) is 11.3 Å². The highest BCUT2D eigenvalue weighted by Gasteiger charge is 2.20. The van der Waals surface area contributed by atoms with Gasteiger partial charge in [-0.25, -0.2) is 9.97 Å². The lowest BCUT2D eigenvalue weighted by molar-refractivity contribution is 0.0649. The summed E-state index contributed by atoms with van der Waals surface area (Å²) in [5, 5.41) is 0. The largest absolute Gasteiger partial charge is 0.379 e.